The first-order valence-electron chi connectivity index (χ1n) is 9.58. The molecule has 0 spiro atoms. The second-order valence-corrected chi connectivity index (χ2v) is 7.38. The van der Waals surface area contributed by atoms with Gasteiger partial charge < -0.3 is 14.2 Å². The van der Waals surface area contributed by atoms with E-state index in [1.54, 1.807) is 30.5 Å². The van der Waals surface area contributed by atoms with Crippen LogP contribution in [0.25, 0.3) is 11.3 Å². The van der Waals surface area contributed by atoms with Crippen LogP contribution in [-0.2, 0) is 11.2 Å². The predicted molar refractivity (Wildman–Crippen MR) is 110 cm³/mol. The van der Waals surface area contributed by atoms with E-state index < -0.39 is 0 Å². The van der Waals surface area contributed by atoms with Gasteiger partial charge >= 0.3 is 0 Å². The number of carbonyl (C=O) groups excluding carboxylic acids is 1. The third-order valence-electron chi connectivity index (χ3n) is 5.06. The van der Waals surface area contributed by atoms with Gasteiger partial charge in [-0.1, -0.05) is 23.7 Å². The summed E-state index contributed by atoms with van der Waals surface area (Å²) in [5.74, 6) is 1.02. The van der Waals surface area contributed by atoms with Crippen molar-refractivity contribution in [2.75, 3.05) is 31.1 Å². The van der Waals surface area contributed by atoms with Gasteiger partial charge in [-0.3, -0.25) is 4.79 Å². The summed E-state index contributed by atoms with van der Waals surface area (Å²) in [4.78, 5) is 20.6. The van der Waals surface area contributed by atoms with E-state index >= 15 is 0 Å². The Labute approximate surface area is 173 Å². The normalized spacial score (nSPS) is 14.3. The summed E-state index contributed by atoms with van der Waals surface area (Å²) in [6, 6.07) is 14.1. The smallest absolute Gasteiger partial charge is 0.223 e. The van der Waals surface area contributed by atoms with Crippen molar-refractivity contribution in [3.8, 4) is 11.3 Å². The molecule has 0 N–H and O–H groups in total. The second kappa shape index (κ2) is 8.66. The number of aryl methyl sites for hydroxylation is 1. The summed E-state index contributed by atoms with van der Waals surface area (Å²) in [6.07, 6.45) is 2.44. The van der Waals surface area contributed by atoms with Crippen LogP contribution in [0.15, 0.2) is 59.1 Å². The van der Waals surface area contributed by atoms with Gasteiger partial charge in [0.05, 0.1) is 11.9 Å². The van der Waals surface area contributed by atoms with Crippen LogP contribution < -0.4 is 4.90 Å². The van der Waals surface area contributed by atoms with E-state index in [1.807, 2.05) is 28.0 Å². The molecule has 3 aromatic rings. The molecule has 2 heterocycles. The van der Waals surface area contributed by atoms with Crippen molar-refractivity contribution in [1.82, 2.24) is 9.88 Å². The number of carbonyl (C=O) groups is 1. The molecule has 0 bridgehead atoms. The van der Waals surface area contributed by atoms with Gasteiger partial charge in [-0.2, -0.15) is 0 Å². The standard InChI is InChI=1S/C22H21ClFN3O2/c23-17-7-5-16(6-8-17)20-15-25-21(29-20)9-10-22(28)27-13-11-26(12-14-27)19-4-2-1-3-18(19)24/h1-8,15H,9-14H2. The van der Waals surface area contributed by atoms with Crippen LogP contribution in [0, 0.1) is 5.82 Å². The highest BCUT2D eigenvalue weighted by atomic mass is 35.5. The highest BCUT2D eigenvalue weighted by Crippen LogP contribution is 2.23. The van der Waals surface area contributed by atoms with Gasteiger partial charge in [-0.05, 0) is 36.4 Å². The second-order valence-electron chi connectivity index (χ2n) is 6.94. The molecule has 1 aliphatic rings. The molecule has 5 nitrogen and oxygen atoms in total. The van der Waals surface area contributed by atoms with E-state index in [0.29, 0.717) is 61.4 Å². The molecule has 1 aromatic heterocycles. The molecular weight excluding hydrogens is 393 g/mol. The minimum Gasteiger partial charge on any atom is -0.441 e. The van der Waals surface area contributed by atoms with Crippen LogP contribution in [0.4, 0.5) is 10.1 Å². The van der Waals surface area contributed by atoms with Gasteiger partial charge in [0.25, 0.3) is 0 Å². The van der Waals surface area contributed by atoms with Crippen LogP contribution in [0.1, 0.15) is 12.3 Å². The Kier molecular flexibility index (Phi) is 5.81. The van der Waals surface area contributed by atoms with Crippen LogP contribution >= 0.6 is 11.6 Å². The van der Waals surface area contributed by atoms with E-state index in [-0.39, 0.29) is 11.7 Å². The monoisotopic (exact) mass is 413 g/mol. The zero-order chi connectivity index (χ0) is 20.2. The van der Waals surface area contributed by atoms with Crippen molar-refractivity contribution in [3.63, 3.8) is 0 Å². The zero-order valence-corrected chi connectivity index (χ0v) is 16.6. The summed E-state index contributed by atoms with van der Waals surface area (Å²) in [5.41, 5.74) is 1.48. The lowest BCUT2D eigenvalue weighted by atomic mass is 10.2. The van der Waals surface area contributed by atoms with Crippen molar-refractivity contribution in [2.24, 2.45) is 0 Å². The van der Waals surface area contributed by atoms with Crippen molar-refractivity contribution in [3.05, 3.63) is 71.5 Å². The van der Waals surface area contributed by atoms with Gasteiger partial charge in [0.1, 0.15) is 5.82 Å². The first kappa shape index (κ1) is 19.5. The average Bonchev–Trinajstić information content (AvgIpc) is 3.22. The summed E-state index contributed by atoms with van der Waals surface area (Å²) >= 11 is 5.90. The molecule has 0 atom stereocenters. The quantitative estimate of drug-likeness (QED) is 0.621. The predicted octanol–water partition coefficient (Wildman–Crippen LogP) is 4.42. The van der Waals surface area contributed by atoms with Gasteiger partial charge in [0.2, 0.25) is 5.91 Å². The Hall–Kier alpha value is -2.86. The molecule has 0 aliphatic carbocycles. The zero-order valence-electron chi connectivity index (χ0n) is 15.9. The number of piperazine rings is 1. The van der Waals surface area contributed by atoms with Crippen molar-refractivity contribution < 1.29 is 13.6 Å². The Bertz CT molecular complexity index is 982. The van der Waals surface area contributed by atoms with Gasteiger partial charge in [0.15, 0.2) is 11.7 Å². The van der Waals surface area contributed by atoms with Crippen LogP contribution in [-0.4, -0.2) is 42.0 Å². The van der Waals surface area contributed by atoms with E-state index in [9.17, 15) is 9.18 Å². The molecule has 2 aromatic carbocycles. The fraction of sp³-hybridized carbons (Fsp3) is 0.273. The highest BCUT2D eigenvalue weighted by molar-refractivity contribution is 6.30. The Morgan fingerprint density at radius 1 is 1.07 bits per heavy atom. The number of benzene rings is 2. The number of aromatic nitrogens is 1. The third-order valence-corrected chi connectivity index (χ3v) is 5.31. The van der Waals surface area contributed by atoms with Crippen LogP contribution in [0.2, 0.25) is 5.02 Å². The van der Waals surface area contributed by atoms with E-state index in [0.717, 1.165) is 5.56 Å². The molecule has 0 unspecified atom stereocenters. The molecule has 0 radical (unpaired) electrons. The van der Waals surface area contributed by atoms with Gasteiger partial charge in [-0.15, -0.1) is 0 Å². The number of hydrogen-bond acceptors (Lipinski definition) is 4. The number of rotatable bonds is 5. The maximum atomic E-state index is 13.9. The molecule has 1 fully saturated rings. The Morgan fingerprint density at radius 3 is 2.52 bits per heavy atom. The Balaban J connectivity index is 1.29. The average molecular weight is 414 g/mol. The molecule has 7 heteroatoms. The first-order valence-corrected chi connectivity index (χ1v) is 9.96. The minimum absolute atomic E-state index is 0.0597. The van der Waals surface area contributed by atoms with Crippen LogP contribution in [0.3, 0.4) is 0 Å². The first-order chi connectivity index (χ1) is 14.1. The molecule has 1 amide bonds. The lowest BCUT2D eigenvalue weighted by molar-refractivity contribution is -0.131. The fourth-order valence-corrected chi connectivity index (χ4v) is 3.58. The highest BCUT2D eigenvalue weighted by Gasteiger charge is 2.23. The largest absolute Gasteiger partial charge is 0.441 e. The molecule has 0 saturated carbocycles. The number of oxazole rings is 1. The summed E-state index contributed by atoms with van der Waals surface area (Å²) in [7, 11) is 0. The number of nitrogens with zero attached hydrogens (tertiary/aromatic N) is 3. The van der Waals surface area contributed by atoms with Crippen molar-refractivity contribution >= 4 is 23.2 Å². The summed E-state index contributed by atoms with van der Waals surface area (Å²) in [5, 5.41) is 0.661. The molecule has 150 valence electrons. The maximum Gasteiger partial charge on any atom is 0.223 e. The lowest BCUT2D eigenvalue weighted by Gasteiger charge is -2.36. The lowest BCUT2D eigenvalue weighted by Crippen LogP contribution is -2.49. The van der Waals surface area contributed by atoms with Crippen molar-refractivity contribution in [1.29, 1.82) is 0 Å². The maximum absolute atomic E-state index is 13.9. The van der Waals surface area contributed by atoms with E-state index in [2.05, 4.69) is 4.98 Å². The minimum atomic E-state index is -0.229. The van der Waals surface area contributed by atoms with Crippen molar-refractivity contribution in [2.45, 2.75) is 12.8 Å². The molecule has 4 rings (SSSR count). The molecule has 1 aliphatic heterocycles. The number of anilines is 1. The summed E-state index contributed by atoms with van der Waals surface area (Å²) < 4.78 is 19.7. The molecular formula is C22H21ClFN3O2. The van der Waals surface area contributed by atoms with Gasteiger partial charge in [-0.25, -0.2) is 9.37 Å². The van der Waals surface area contributed by atoms with E-state index in [1.165, 1.54) is 6.07 Å². The molecule has 29 heavy (non-hydrogen) atoms. The number of hydrogen-bond donors (Lipinski definition) is 0. The van der Waals surface area contributed by atoms with E-state index in [4.69, 9.17) is 16.0 Å². The molecule has 1 saturated heterocycles. The topological polar surface area (TPSA) is 49.6 Å². The Morgan fingerprint density at radius 2 is 1.79 bits per heavy atom. The fourth-order valence-electron chi connectivity index (χ4n) is 3.45. The SMILES string of the molecule is O=C(CCc1ncc(-c2ccc(Cl)cc2)o1)N1CCN(c2ccccc2F)CC1. The van der Waals surface area contributed by atoms with Crippen LogP contribution in [0.5, 0.6) is 0 Å². The summed E-state index contributed by atoms with van der Waals surface area (Å²) in [6.45, 7) is 2.39. The number of amides is 1. The number of para-hydroxylation sites is 1. The third kappa shape index (κ3) is 4.59. The van der Waals surface area contributed by atoms with Gasteiger partial charge in [0, 0.05) is 49.6 Å². The number of halogens is 2.